The van der Waals surface area contributed by atoms with Gasteiger partial charge in [0.2, 0.25) is 0 Å². The van der Waals surface area contributed by atoms with E-state index in [1.807, 2.05) is 24.3 Å². The van der Waals surface area contributed by atoms with Gasteiger partial charge in [-0.1, -0.05) is 56.4 Å². The number of rotatable bonds is 14. The van der Waals surface area contributed by atoms with Gasteiger partial charge < -0.3 is 18.9 Å². The van der Waals surface area contributed by atoms with Crippen molar-refractivity contribution in [2.24, 2.45) is 17.8 Å². The van der Waals surface area contributed by atoms with Crippen molar-refractivity contribution in [1.29, 1.82) is 0 Å². The van der Waals surface area contributed by atoms with Gasteiger partial charge in [-0.15, -0.1) is 0 Å². The van der Waals surface area contributed by atoms with Crippen LogP contribution in [0.5, 0.6) is 11.5 Å². The second-order valence-electron chi connectivity index (χ2n) is 12.7. The van der Waals surface area contributed by atoms with E-state index in [0.29, 0.717) is 17.4 Å². The summed E-state index contributed by atoms with van der Waals surface area (Å²) in [6, 6.07) is 13.4. The van der Waals surface area contributed by atoms with Crippen molar-refractivity contribution in [3.63, 3.8) is 0 Å². The normalized spacial score (nSPS) is 21.8. The molecule has 0 N–H and O–H groups in total. The molecule has 0 unspecified atom stereocenters. The molecule has 0 aromatic heterocycles. The average Bonchev–Trinajstić information content (AvgIpc) is 3.06. The summed E-state index contributed by atoms with van der Waals surface area (Å²) in [7, 11) is 3.05. The monoisotopic (exact) mass is 614 g/mol. The Morgan fingerprint density at radius 1 is 0.756 bits per heavy atom. The van der Waals surface area contributed by atoms with E-state index >= 15 is 0 Å². The summed E-state index contributed by atoms with van der Waals surface area (Å²) in [5, 5.41) is 0. The molecule has 2 aliphatic carbocycles. The van der Waals surface area contributed by atoms with Crippen molar-refractivity contribution in [2.45, 2.75) is 77.0 Å². The molecule has 0 heterocycles. The summed E-state index contributed by atoms with van der Waals surface area (Å²) >= 11 is 0. The van der Waals surface area contributed by atoms with Crippen LogP contribution in [0.2, 0.25) is 0 Å². The molecule has 2 aliphatic rings. The molecule has 2 fully saturated rings. The number of carbonyl (C=O) groups is 2. The Balaban J connectivity index is 1.46. The van der Waals surface area contributed by atoms with Crippen LogP contribution in [0, 0.1) is 17.8 Å². The van der Waals surface area contributed by atoms with Crippen LogP contribution in [0.4, 0.5) is 0 Å². The van der Waals surface area contributed by atoms with Crippen molar-refractivity contribution in [2.75, 3.05) is 27.4 Å². The lowest BCUT2D eigenvalue weighted by Crippen LogP contribution is -2.25. The predicted molar refractivity (Wildman–Crippen MR) is 179 cm³/mol. The minimum atomic E-state index is -0.513. The fourth-order valence-corrected chi connectivity index (χ4v) is 7.02. The first kappa shape index (κ1) is 34.4. The van der Waals surface area contributed by atoms with Crippen LogP contribution in [-0.4, -0.2) is 39.4 Å². The van der Waals surface area contributed by atoms with Crippen molar-refractivity contribution in [1.82, 2.24) is 0 Å². The van der Waals surface area contributed by atoms with Crippen molar-refractivity contribution >= 4 is 11.9 Å². The molecule has 6 nitrogen and oxygen atoms in total. The summed E-state index contributed by atoms with van der Waals surface area (Å²) in [4.78, 5) is 25.0. The Bertz CT molecular complexity index is 1320. The number of benzene rings is 2. The molecule has 2 aromatic rings. The van der Waals surface area contributed by atoms with Gasteiger partial charge in [0, 0.05) is 14.2 Å². The molecule has 0 aliphatic heterocycles. The highest BCUT2D eigenvalue weighted by molar-refractivity contribution is 5.90. The van der Waals surface area contributed by atoms with Gasteiger partial charge in [-0.05, 0) is 123 Å². The summed E-state index contributed by atoms with van der Waals surface area (Å²) in [6.07, 6.45) is 17.1. The second-order valence-corrected chi connectivity index (χ2v) is 12.7. The van der Waals surface area contributed by atoms with E-state index in [1.54, 1.807) is 12.1 Å². The zero-order chi connectivity index (χ0) is 32.2. The van der Waals surface area contributed by atoms with Crippen LogP contribution in [0.15, 0.2) is 78.9 Å². The second kappa shape index (κ2) is 17.3. The Labute approximate surface area is 269 Å². The van der Waals surface area contributed by atoms with Crippen molar-refractivity contribution in [3.05, 3.63) is 84.5 Å². The standard InChI is InChI=1S/C39H50O6/c1-6-7-8-9-29-10-12-30(13-11-29)31-14-16-33(17-15-31)36-24-34(20-23-37(36)45-39(41)28(3)26-43-5)32-18-21-35(22-19-32)44-38(40)27(2)25-42-4/h6-7,18-24,29-31,33H,2-3,8-17,25-26H2,1,4-5H3/b7-6+. The zero-order valence-electron chi connectivity index (χ0n) is 27.4. The Morgan fingerprint density at radius 3 is 1.89 bits per heavy atom. The number of ether oxygens (including phenoxy) is 4. The predicted octanol–water partition coefficient (Wildman–Crippen LogP) is 9.01. The molecular weight excluding hydrogens is 564 g/mol. The minimum Gasteiger partial charge on any atom is -0.423 e. The SMILES string of the molecule is C=C(COC)C(=O)Oc1ccc(-c2ccc(OC(=O)C(=C)COC)c(C3CCC(C4CCC(CC/C=C/C)CC4)CC3)c2)cc1. The summed E-state index contributed by atoms with van der Waals surface area (Å²) in [5.41, 5.74) is 3.60. The molecule has 0 radical (unpaired) electrons. The maximum Gasteiger partial charge on any atom is 0.341 e. The molecule has 0 amide bonds. The Hall–Kier alpha value is -3.48. The zero-order valence-corrected chi connectivity index (χ0v) is 27.4. The lowest BCUT2D eigenvalue weighted by Gasteiger charge is -2.38. The molecule has 0 saturated heterocycles. The molecule has 4 rings (SSSR count). The molecule has 0 atom stereocenters. The van der Waals surface area contributed by atoms with E-state index < -0.39 is 11.9 Å². The summed E-state index contributed by atoms with van der Waals surface area (Å²) in [5.74, 6) is 2.87. The maximum absolute atomic E-state index is 12.8. The highest BCUT2D eigenvalue weighted by atomic mass is 16.5. The third kappa shape index (κ3) is 9.75. The lowest BCUT2D eigenvalue weighted by atomic mass is 9.68. The van der Waals surface area contributed by atoms with Crippen LogP contribution in [0.25, 0.3) is 11.1 Å². The van der Waals surface area contributed by atoms with Gasteiger partial charge in [0.15, 0.2) is 0 Å². The van der Waals surface area contributed by atoms with Gasteiger partial charge >= 0.3 is 11.9 Å². The van der Waals surface area contributed by atoms with Crippen LogP contribution in [-0.2, 0) is 19.1 Å². The third-order valence-electron chi connectivity index (χ3n) is 9.57. The Kier molecular flexibility index (Phi) is 13.2. The first-order valence-corrected chi connectivity index (χ1v) is 16.5. The van der Waals surface area contributed by atoms with E-state index in [0.717, 1.165) is 47.3 Å². The van der Waals surface area contributed by atoms with Crippen molar-refractivity contribution in [3.8, 4) is 22.6 Å². The van der Waals surface area contributed by atoms with E-state index in [-0.39, 0.29) is 24.4 Å². The number of hydrogen-bond acceptors (Lipinski definition) is 6. The fourth-order valence-electron chi connectivity index (χ4n) is 7.02. The molecule has 0 bridgehead atoms. The van der Waals surface area contributed by atoms with Gasteiger partial charge in [-0.3, -0.25) is 0 Å². The molecular formula is C39H50O6. The molecule has 6 heteroatoms. The lowest BCUT2D eigenvalue weighted by molar-refractivity contribution is -0.131. The number of allylic oxidation sites excluding steroid dienone is 2. The first-order valence-electron chi connectivity index (χ1n) is 16.5. The van der Waals surface area contributed by atoms with Gasteiger partial charge in [0.1, 0.15) is 11.5 Å². The Morgan fingerprint density at radius 2 is 1.31 bits per heavy atom. The van der Waals surface area contributed by atoms with Crippen LogP contribution >= 0.6 is 0 Å². The number of carbonyl (C=O) groups excluding carboxylic acids is 2. The molecule has 45 heavy (non-hydrogen) atoms. The number of hydrogen-bond donors (Lipinski definition) is 0. The van der Waals surface area contributed by atoms with Gasteiger partial charge in [-0.2, -0.15) is 0 Å². The van der Waals surface area contributed by atoms with Crippen LogP contribution < -0.4 is 9.47 Å². The average molecular weight is 615 g/mol. The molecule has 2 aromatic carbocycles. The fraction of sp³-hybridized carbons (Fsp3) is 0.487. The number of methoxy groups -OCH3 is 2. The summed E-state index contributed by atoms with van der Waals surface area (Å²) < 4.78 is 21.4. The first-order chi connectivity index (χ1) is 21.8. The largest absolute Gasteiger partial charge is 0.423 e. The maximum atomic E-state index is 12.8. The quantitative estimate of drug-likeness (QED) is 0.0915. The van der Waals surface area contributed by atoms with E-state index in [1.165, 1.54) is 65.6 Å². The molecule has 2 saturated carbocycles. The topological polar surface area (TPSA) is 71.1 Å². The highest BCUT2D eigenvalue weighted by Crippen LogP contribution is 2.46. The molecule has 242 valence electrons. The summed E-state index contributed by atoms with van der Waals surface area (Å²) in [6.45, 7) is 9.90. The van der Waals surface area contributed by atoms with E-state index in [4.69, 9.17) is 18.9 Å². The van der Waals surface area contributed by atoms with Crippen LogP contribution in [0.3, 0.4) is 0 Å². The number of esters is 2. The van der Waals surface area contributed by atoms with Crippen molar-refractivity contribution < 1.29 is 28.5 Å². The van der Waals surface area contributed by atoms with E-state index in [2.05, 4.69) is 38.3 Å². The van der Waals surface area contributed by atoms with Gasteiger partial charge in [0.25, 0.3) is 0 Å². The smallest absolute Gasteiger partial charge is 0.341 e. The van der Waals surface area contributed by atoms with Gasteiger partial charge in [0.05, 0.1) is 24.4 Å². The van der Waals surface area contributed by atoms with Crippen LogP contribution in [0.1, 0.15) is 82.6 Å². The van der Waals surface area contributed by atoms with E-state index in [9.17, 15) is 9.59 Å². The molecule has 0 spiro atoms. The minimum absolute atomic E-state index is 0.121. The highest BCUT2D eigenvalue weighted by Gasteiger charge is 2.32. The third-order valence-corrected chi connectivity index (χ3v) is 9.57. The van der Waals surface area contributed by atoms with Gasteiger partial charge in [-0.25, -0.2) is 9.59 Å².